The molecule has 0 aromatic rings. The average molecular weight is 229 g/mol. The van der Waals surface area contributed by atoms with Crippen molar-refractivity contribution < 1.29 is 9.59 Å². The van der Waals surface area contributed by atoms with E-state index in [-0.39, 0.29) is 18.4 Å². The van der Waals surface area contributed by atoms with E-state index in [0.717, 1.165) is 12.8 Å². The predicted molar refractivity (Wildman–Crippen MR) is 63.8 cm³/mol. The zero-order chi connectivity index (χ0) is 12.6. The van der Waals surface area contributed by atoms with Gasteiger partial charge in [0.05, 0.1) is 12.6 Å². The van der Waals surface area contributed by atoms with Gasteiger partial charge >= 0.3 is 0 Å². The molecule has 5 heteroatoms. The van der Waals surface area contributed by atoms with Gasteiger partial charge in [0.25, 0.3) is 0 Å². The molecule has 94 valence electrons. The van der Waals surface area contributed by atoms with Crippen LogP contribution in [0.15, 0.2) is 0 Å². The van der Waals surface area contributed by atoms with Gasteiger partial charge in [0.2, 0.25) is 11.8 Å². The van der Waals surface area contributed by atoms with Crippen molar-refractivity contribution in [3.8, 4) is 0 Å². The quantitative estimate of drug-likeness (QED) is 0.650. The molecule has 0 saturated carbocycles. The van der Waals surface area contributed by atoms with Crippen molar-refractivity contribution in [2.45, 2.75) is 39.7 Å². The molecular formula is C11H23N3O2. The van der Waals surface area contributed by atoms with Crippen LogP contribution in [0.4, 0.5) is 0 Å². The SMILES string of the molecule is CCCNC(=O)CN(CCC)C(=O)[C@H](C)N. The molecule has 0 bridgehead atoms. The first kappa shape index (κ1) is 14.9. The fourth-order valence-electron chi connectivity index (χ4n) is 1.32. The van der Waals surface area contributed by atoms with Gasteiger partial charge in [-0.25, -0.2) is 0 Å². The van der Waals surface area contributed by atoms with Gasteiger partial charge in [-0.05, 0) is 19.8 Å². The highest BCUT2D eigenvalue weighted by atomic mass is 16.2. The highest BCUT2D eigenvalue weighted by molar-refractivity contribution is 5.87. The number of carbonyl (C=O) groups excluding carboxylic acids is 2. The Morgan fingerprint density at radius 3 is 2.38 bits per heavy atom. The van der Waals surface area contributed by atoms with Gasteiger partial charge in [0, 0.05) is 13.1 Å². The van der Waals surface area contributed by atoms with Crippen LogP contribution in [0.2, 0.25) is 0 Å². The second-order valence-electron chi connectivity index (χ2n) is 3.90. The number of hydrogen-bond donors (Lipinski definition) is 2. The van der Waals surface area contributed by atoms with Crippen molar-refractivity contribution in [2.75, 3.05) is 19.6 Å². The molecule has 0 aliphatic heterocycles. The summed E-state index contributed by atoms with van der Waals surface area (Å²) in [7, 11) is 0. The molecule has 0 radical (unpaired) electrons. The van der Waals surface area contributed by atoms with Gasteiger partial charge in [-0.1, -0.05) is 13.8 Å². The summed E-state index contributed by atoms with van der Waals surface area (Å²) in [4.78, 5) is 24.6. The van der Waals surface area contributed by atoms with Crippen LogP contribution < -0.4 is 11.1 Å². The fraction of sp³-hybridized carbons (Fsp3) is 0.818. The lowest BCUT2D eigenvalue weighted by molar-refractivity contribution is -0.136. The van der Waals surface area contributed by atoms with Crippen molar-refractivity contribution in [1.82, 2.24) is 10.2 Å². The van der Waals surface area contributed by atoms with E-state index >= 15 is 0 Å². The molecule has 3 N–H and O–H groups in total. The van der Waals surface area contributed by atoms with Crippen LogP contribution in [0.25, 0.3) is 0 Å². The summed E-state index contributed by atoms with van der Waals surface area (Å²) in [5.74, 6) is -0.294. The Morgan fingerprint density at radius 2 is 1.94 bits per heavy atom. The van der Waals surface area contributed by atoms with Crippen LogP contribution in [0.5, 0.6) is 0 Å². The number of hydrogen-bond acceptors (Lipinski definition) is 3. The average Bonchev–Trinajstić information content (AvgIpc) is 2.24. The van der Waals surface area contributed by atoms with Gasteiger partial charge in [-0.2, -0.15) is 0 Å². The standard InChI is InChI=1S/C11H23N3O2/c1-4-6-13-10(15)8-14(7-5-2)11(16)9(3)12/h9H,4-8,12H2,1-3H3,(H,13,15)/t9-/m0/s1. The number of nitrogens with zero attached hydrogens (tertiary/aromatic N) is 1. The van der Waals surface area contributed by atoms with Crippen molar-refractivity contribution in [3.63, 3.8) is 0 Å². The molecular weight excluding hydrogens is 206 g/mol. The fourth-order valence-corrected chi connectivity index (χ4v) is 1.32. The molecule has 0 aromatic carbocycles. The minimum absolute atomic E-state index is 0.105. The summed E-state index contributed by atoms with van der Waals surface area (Å²) in [6, 6.07) is -0.550. The minimum Gasteiger partial charge on any atom is -0.355 e. The lowest BCUT2D eigenvalue weighted by Gasteiger charge is -2.23. The largest absolute Gasteiger partial charge is 0.355 e. The minimum atomic E-state index is -0.550. The molecule has 16 heavy (non-hydrogen) atoms. The van der Waals surface area contributed by atoms with Gasteiger partial charge in [0.15, 0.2) is 0 Å². The van der Waals surface area contributed by atoms with E-state index in [2.05, 4.69) is 5.32 Å². The van der Waals surface area contributed by atoms with Crippen LogP contribution in [0, 0.1) is 0 Å². The zero-order valence-electron chi connectivity index (χ0n) is 10.5. The molecule has 0 aliphatic carbocycles. The van der Waals surface area contributed by atoms with E-state index in [1.807, 2.05) is 13.8 Å². The van der Waals surface area contributed by atoms with E-state index in [9.17, 15) is 9.59 Å². The van der Waals surface area contributed by atoms with E-state index < -0.39 is 6.04 Å². The van der Waals surface area contributed by atoms with Gasteiger partial charge in [-0.3, -0.25) is 9.59 Å². The lowest BCUT2D eigenvalue weighted by Crippen LogP contribution is -2.47. The molecule has 0 fully saturated rings. The van der Waals surface area contributed by atoms with Crippen molar-refractivity contribution in [1.29, 1.82) is 0 Å². The summed E-state index contributed by atoms with van der Waals surface area (Å²) in [6.07, 6.45) is 1.71. The molecule has 0 spiro atoms. The third kappa shape index (κ3) is 5.70. The smallest absolute Gasteiger partial charge is 0.239 e. The van der Waals surface area contributed by atoms with Crippen LogP contribution in [0.3, 0.4) is 0 Å². The molecule has 2 amide bonds. The molecule has 1 atom stereocenters. The summed E-state index contributed by atoms with van der Waals surface area (Å²) in [5.41, 5.74) is 5.52. The Labute approximate surface area is 97.4 Å². The summed E-state index contributed by atoms with van der Waals surface area (Å²) in [5, 5.41) is 2.74. The predicted octanol–water partition coefficient (Wildman–Crippen LogP) is 0.0984. The normalized spacial score (nSPS) is 12.0. The first-order valence-corrected chi connectivity index (χ1v) is 5.83. The van der Waals surface area contributed by atoms with Crippen molar-refractivity contribution in [2.24, 2.45) is 5.73 Å². The summed E-state index contributed by atoms with van der Waals surface area (Å²) in [6.45, 7) is 6.90. The Bertz CT molecular complexity index is 229. The van der Waals surface area contributed by atoms with Crippen LogP contribution in [-0.4, -0.2) is 42.4 Å². The Balaban J connectivity index is 4.22. The molecule has 0 aromatic heterocycles. The number of amides is 2. The van der Waals surface area contributed by atoms with E-state index in [1.54, 1.807) is 6.92 Å². The molecule has 0 saturated heterocycles. The number of nitrogens with one attached hydrogen (secondary N) is 1. The van der Waals surface area contributed by atoms with Crippen molar-refractivity contribution >= 4 is 11.8 Å². The molecule has 0 aliphatic rings. The highest BCUT2D eigenvalue weighted by Gasteiger charge is 2.18. The van der Waals surface area contributed by atoms with Crippen molar-refractivity contribution in [3.05, 3.63) is 0 Å². The van der Waals surface area contributed by atoms with Crippen LogP contribution >= 0.6 is 0 Å². The van der Waals surface area contributed by atoms with Gasteiger partial charge < -0.3 is 16.0 Å². The molecule has 0 heterocycles. The maximum absolute atomic E-state index is 11.7. The second-order valence-corrected chi connectivity index (χ2v) is 3.90. The molecule has 0 rings (SSSR count). The maximum atomic E-state index is 11.7. The topological polar surface area (TPSA) is 75.4 Å². The Morgan fingerprint density at radius 1 is 1.31 bits per heavy atom. The third-order valence-corrected chi connectivity index (χ3v) is 2.10. The number of rotatable bonds is 7. The van der Waals surface area contributed by atoms with Crippen LogP contribution in [0.1, 0.15) is 33.6 Å². The molecule has 0 unspecified atom stereocenters. The number of nitrogens with two attached hydrogens (primary N) is 1. The Hall–Kier alpha value is -1.10. The van der Waals surface area contributed by atoms with E-state index in [0.29, 0.717) is 13.1 Å². The first-order valence-electron chi connectivity index (χ1n) is 5.83. The summed E-state index contributed by atoms with van der Waals surface area (Å²) < 4.78 is 0. The van der Waals surface area contributed by atoms with E-state index in [1.165, 1.54) is 4.90 Å². The number of carbonyl (C=O) groups is 2. The van der Waals surface area contributed by atoms with E-state index in [4.69, 9.17) is 5.73 Å². The zero-order valence-corrected chi connectivity index (χ0v) is 10.5. The lowest BCUT2D eigenvalue weighted by atomic mass is 10.2. The third-order valence-electron chi connectivity index (χ3n) is 2.10. The second kappa shape index (κ2) is 8.10. The highest BCUT2D eigenvalue weighted by Crippen LogP contribution is 1.95. The maximum Gasteiger partial charge on any atom is 0.239 e. The summed E-state index contributed by atoms with van der Waals surface area (Å²) >= 11 is 0. The van der Waals surface area contributed by atoms with Crippen LogP contribution in [-0.2, 0) is 9.59 Å². The molecule has 5 nitrogen and oxygen atoms in total. The first-order chi connectivity index (χ1) is 7.52. The van der Waals surface area contributed by atoms with Gasteiger partial charge in [-0.15, -0.1) is 0 Å². The van der Waals surface area contributed by atoms with Gasteiger partial charge in [0.1, 0.15) is 0 Å². The monoisotopic (exact) mass is 229 g/mol. The Kier molecular flexibility index (Phi) is 7.54.